The zero-order chi connectivity index (χ0) is 15.2. The van der Waals surface area contributed by atoms with Gasteiger partial charge in [-0.1, -0.05) is 50.8 Å². The van der Waals surface area contributed by atoms with Crippen molar-refractivity contribution in [3.05, 3.63) is 23.2 Å². The van der Waals surface area contributed by atoms with E-state index in [9.17, 15) is 0 Å². The summed E-state index contributed by atoms with van der Waals surface area (Å²) in [6.45, 7) is 4.37. The van der Waals surface area contributed by atoms with Gasteiger partial charge in [-0.25, -0.2) is 4.68 Å². The molecule has 0 amide bonds. The van der Waals surface area contributed by atoms with Gasteiger partial charge in [0.15, 0.2) is 5.82 Å². The lowest BCUT2D eigenvalue weighted by Crippen LogP contribution is -2.13. The van der Waals surface area contributed by atoms with E-state index in [2.05, 4.69) is 29.4 Å². The number of hydrogen-bond donors (Lipinski definition) is 1. The average Bonchev–Trinajstić information content (AvgIpc) is 2.95. The van der Waals surface area contributed by atoms with Crippen LogP contribution in [0.4, 0.5) is 5.69 Å². The third-order valence-electron chi connectivity index (χ3n) is 3.62. The number of rotatable bonds is 7. The maximum atomic E-state index is 6.31. The molecule has 2 N–H and O–H groups in total. The highest BCUT2D eigenvalue weighted by atomic mass is 35.5. The van der Waals surface area contributed by atoms with Crippen LogP contribution in [0.15, 0.2) is 18.2 Å². The molecule has 1 aromatic heterocycles. The minimum Gasteiger partial charge on any atom is -0.398 e. The van der Waals surface area contributed by atoms with Crippen LogP contribution in [0.3, 0.4) is 0 Å². The molecule has 2 aromatic rings. The van der Waals surface area contributed by atoms with Crippen LogP contribution in [0.1, 0.15) is 52.0 Å². The molecular weight excluding hydrogens is 286 g/mol. The summed E-state index contributed by atoms with van der Waals surface area (Å²) in [4.78, 5) is 0. The van der Waals surface area contributed by atoms with Crippen molar-refractivity contribution in [1.82, 2.24) is 20.2 Å². The Bertz CT molecular complexity index is 581. The number of anilines is 1. The Morgan fingerprint density at radius 1 is 1.24 bits per heavy atom. The molecule has 6 heteroatoms. The van der Waals surface area contributed by atoms with E-state index in [-0.39, 0.29) is 0 Å². The maximum absolute atomic E-state index is 6.31. The second-order valence-corrected chi connectivity index (χ2v) is 5.62. The van der Waals surface area contributed by atoms with E-state index in [4.69, 9.17) is 17.3 Å². The molecule has 0 aliphatic carbocycles. The first-order valence-electron chi connectivity index (χ1n) is 7.51. The number of halogens is 1. The number of nitrogens with zero attached hydrogens (tertiary/aromatic N) is 4. The third kappa shape index (κ3) is 3.53. The van der Waals surface area contributed by atoms with Gasteiger partial charge in [-0.15, -0.1) is 5.10 Å². The van der Waals surface area contributed by atoms with E-state index < -0.39 is 0 Å². The Balaban J connectivity index is 2.38. The summed E-state index contributed by atoms with van der Waals surface area (Å²) in [5.41, 5.74) is 7.22. The van der Waals surface area contributed by atoms with Crippen LogP contribution in [0.25, 0.3) is 11.4 Å². The number of tetrazole rings is 1. The largest absolute Gasteiger partial charge is 0.398 e. The van der Waals surface area contributed by atoms with Crippen LogP contribution in [0, 0.1) is 0 Å². The van der Waals surface area contributed by atoms with Gasteiger partial charge in [0.05, 0.1) is 16.8 Å². The van der Waals surface area contributed by atoms with Crippen molar-refractivity contribution < 1.29 is 0 Å². The highest BCUT2D eigenvalue weighted by molar-refractivity contribution is 6.35. The molecule has 0 spiro atoms. The Hall–Kier alpha value is -1.62. The van der Waals surface area contributed by atoms with Gasteiger partial charge in [-0.05, 0) is 35.4 Å². The first-order valence-corrected chi connectivity index (χ1v) is 7.89. The minimum atomic E-state index is 0.303. The van der Waals surface area contributed by atoms with Gasteiger partial charge in [-0.3, -0.25) is 0 Å². The predicted molar refractivity (Wildman–Crippen MR) is 86.1 cm³/mol. The lowest BCUT2D eigenvalue weighted by Gasteiger charge is -2.18. The summed E-state index contributed by atoms with van der Waals surface area (Å²) in [6, 6.07) is 5.86. The van der Waals surface area contributed by atoms with Gasteiger partial charge in [0.1, 0.15) is 0 Å². The molecule has 1 atom stereocenters. The summed E-state index contributed by atoms with van der Waals surface area (Å²) in [6.07, 6.45) is 5.55. The lowest BCUT2D eigenvalue weighted by atomic mass is 10.0. The Morgan fingerprint density at radius 3 is 2.76 bits per heavy atom. The first kappa shape index (κ1) is 15.8. The SMILES string of the molecule is CCCCC(CCC)n1nnnc1-c1cccc(N)c1Cl. The average molecular weight is 308 g/mol. The Morgan fingerprint density at radius 2 is 2.05 bits per heavy atom. The molecule has 0 aliphatic heterocycles. The van der Waals surface area contributed by atoms with E-state index in [1.807, 2.05) is 16.8 Å². The molecule has 1 heterocycles. The molecular formula is C15H22ClN5. The fraction of sp³-hybridized carbons (Fsp3) is 0.533. The van der Waals surface area contributed by atoms with Gasteiger partial charge in [-0.2, -0.15) is 0 Å². The zero-order valence-corrected chi connectivity index (χ0v) is 13.3. The van der Waals surface area contributed by atoms with Crippen LogP contribution >= 0.6 is 11.6 Å². The predicted octanol–water partition coefficient (Wildman–Crippen LogP) is 4.11. The van der Waals surface area contributed by atoms with Crippen molar-refractivity contribution in [2.45, 2.75) is 52.0 Å². The van der Waals surface area contributed by atoms with E-state index in [0.29, 0.717) is 22.6 Å². The second-order valence-electron chi connectivity index (χ2n) is 5.24. The van der Waals surface area contributed by atoms with Crippen LogP contribution in [0.2, 0.25) is 5.02 Å². The lowest BCUT2D eigenvalue weighted by molar-refractivity contribution is 0.380. The molecule has 0 radical (unpaired) electrons. The molecule has 21 heavy (non-hydrogen) atoms. The standard InChI is InChI=1S/C15H22ClN5/c1-3-5-8-11(7-4-2)21-15(18-19-20-21)12-9-6-10-13(17)14(12)16/h6,9-11H,3-5,7-8,17H2,1-2H3. The molecule has 2 rings (SSSR count). The van der Waals surface area contributed by atoms with Gasteiger partial charge in [0.2, 0.25) is 0 Å². The van der Waals surface area contributed by atoms with Crippen LogP contribution in [-0.4, -0.2) is 20.2 Å². The third-order valence-corrected chi connectivity index (χ3v) is 4.04. The molecule has 0 saturated carbocycles. The van der Waals surface area contributed by atoms with Crippen molar-refractivity contribution in [2.75, 3.05) is 5.73 Å². The van der Waals surface area contributed by atoms with Crippen LogP contribution < -0.4 is 5.73 Å². The fourth-order valence-corrected chi connectivity index (χ4v) is 2.71. The van der Waals surface area contributed by atoms with Gasteiger partial charge >= 0.3 is 0 Å². The highest BCUT2D eigenvalue weighted by Gasteiger charge is 2.19. The summed E-state index contributed by atoms with van der Waals surface area (Å²) in [5.74, 6) is 0.696. The number of hydrogen-bond acceptors (Lipinski definition) is 4. The minimum absolute atomic E-state index is 0.303. The molecule has 1 aromatic carbocycles. The maximum Gasteiger partial charge on any atom is 0.183 e. The monoisotopic (exact) mass is 307 g/mol. The van der Waals surface area contributed by atoms with Gasteiger partial charge in [0.25, 0.3) is 0 Å². The Kier molecular flexibility index (Phi) is 5.56. The second kappa shape index (κ2) is 7.41. The number of unbranched alkanes of at least 4 members (excludes halogenated alkanes) is 1. The summed E-state index contributed by atoms with van der Waals surface area (Å²) < 4.78 is 1.90. The van der Waals surface area contributed by atoms with Gasteiger partial charge in [0, 0.05) is 5.56 Å². The van der Waals surface area contributed by atoms with E-state index in [0.717, 1.165) is 37.7 Å². The molecule has 0 aliphatic rings. The first-order chi connectivity index (χ1) is 10.2. The number of aromatic nitrogens is 4. The fourth-order valence-electron chi connectivity index (χ4n) is 2.50. The molecule has 1 unspecified atom stereocenters. The summed E-state index contributed by atoms with van der Waals surface area (Å²) in [7, 11) is 0. The van der Waals surface area contributed by atoms with Crippen molar-refractivity contribution in [3.63, 3.8) is 0 Å². The molecule has 0 bridgehead atoms. The highest BCUT2D eigenvalue weighted by Crippen LogP contribution is 2.33. The molecule has 0 saturated heterocycles. The van der Waals surface area contributed by atoms with E-state index >= 15 is 0 Å². The smallest absolute Gasteiger partial charge is 0.183 e. The molecule has 0 fully saturated rings. The summed E-state index contributed by atoms with van der Waals surface area (Å²) >= 11 is 6.31. The van der Waals surface area contributed by atoms with E-state index in [1.54, 1.807) is 6.07 Å². The number of benzene rings is 1. The summed E-state index contributed by atoms with van der Waals surface area (Å²) in [5, 5.41) is 12.7. The van der Waals surface area contributed by atoms with Crippen molar-refractivity contribution in [2.24, 2.45) is 0 Å². The molecule has 114 valence electrons. The topological polar surface area (TPSA) is 69.6 Å². The normalized spacial score (nSPS) is 12.5. The number of nitrogens with two attached hydrogens (primary N) is 1. The van der Waals surface area contributed by atoms with Crippen molar-refractivity contribution in [3.8, 4) is 11.4 Å². The van der Waals surface area contributed by atoms with Crippen LogP contribution in [-0.2, 0) is 0 Å². The molecule has 5 nitrogen and oxygen atoms in total. The van der Waals surface area contributed by atoms with E-state index in [1.165, 1.54) is 0 Å². The van der Waals surface area contributed by atoms with Crippen molar-refractivity contribution >= 4 is 17.3 Å². The van der Waals surface area contributed by atoms with Crippen LogP contribution in [0.5, 0.6) is 0 Å². The zero-order valence-electron chi connectivity index (χ0n) is 12.6. The quantitative estimate of drug-likeness (QED) is 0.782. The Labute approximate surface area is 130 Å². The van der Waals surface area contributed by atoms with Crippen molar-refractivity contribution in [1.29, 1.82) is 0 Å². The van der Waals surface area contributed by atoms with Gasteiger partial charge < -0.3 is 5.73 Å². The number of nitrogen functional groups attached to an aromatic ring is 1.